The van der Waals surface area contributed by atoms with Crippen LogP contribution in [0.2, 0.25) is 5.02 Å². The molecule has 0 unspecified atom stereocenters. The lowest BCUT2D eigenvalue weighted by Gasteiger charge is -2.12. The first-order valence-corrected chi connectivity index (χ1v) is 4.26. The Hall–Kier alpha value is -0.640. The molecule has 0 saturated heterocycles. The molecule has 1 rings (SSSR count). The van der Waals surface area contributed by atoms with E-state index in [1.54, 1.807) is 19.1 Å². The number of hydrogen-bond acceptors (Lipinski definition) is 2. The van der Waals surface area contributed by atoms with Crippen molar-refractivity contribution in [2.24, 2.45) is 5.73 Å². The van der Waals surface area contributed by atoms with Crippen molar-refractivity contribution in [1.29, 1.82) is 0 Å². The Morgan fingerprint density at radius 3 is 2.77 bits per heavy atom. The van der Waals surface area contributed by atoms with Crippen molar-refractivity contribution < 1.29 is 9.50 Å². The lowest BCUT2D eigenvalue weighted by molar-refractivity contribution is 0.265. The second-order valence-corrected chi connectivity index (χ2v) is 3.29. The summed E-state index contributed by atoms with van der Waals surface area (Å²) >= 11 is 5.74. The van der Waals surface area contributed by atoms with Gasteiger partial charge in [0.2, 0.25) is 0 Å². The summed E-state index contributed by atoms with van der Waals surface area (Å²) in [7, 11) is 0. The summed E-state index contributed by atoms with van der Waals surface area (Å²) in [6.07, 6.45) is 0. The van der Waals surface area contributed by atoms with Gasteiger partial charge in [0, 0.05) is 10.6 Å². The molecule has 0 amide bonds. The average Bonchev–Trinajstić information content (AvgIpc) is 2.12. The lowest BCUT2D eigenvalue weighted by atomic mass is 10.0. The third-order valence-electron chi connectivity index (χ3n) is 1.89. The van der Waals surface area contributed by atoms with Gasteiger partial charge in [-0.15, -0.1) is 0 Å². The van der Waals surface area contributed by atoms with Gasteiger partial charge in [-0.05, 0) is 18.6 Å². The topological polar surface area (TPSA) is 46.2 Å². The van der Waals surface area contributed by atoms with Gasteiger partial charge in [0.1, 0.15) is 5.82 Å². The van der Waals surface area contributed by atoms with Crippen molar-refractivity contribution >= 4 is 11.6 Å². The predicted molar refractivity (Wildman–Crippen MR) is 50.2 cm³/mol. The Balaban J connectivity index is 3.25. The highest BCUT2D eigenvalue weighted by Crippen LogP contribution is 2.26. The van der Waals surface area contributed by atoms with Crippen molar-refractivity contribution in [2.45, 2.75) is 13.0 Å². The van der Waals surface area contributed by atoms with Gasteiger partial charge in [-0.3, -0.25) is 0 Å². The standard InChI is InChI=1S/C9H11ClFNO/c1-5-2-3-6(10)8(9(5)11)7(12)4-13/h2-3,7,13H,4,12H2,1H3/t7-/m0/s1. The molecule has 1 aromatic carbocycles. The molecular weight excluding hydrogens is 193 g/mol. The van der Waals surface area contributed by atoms with E-state index in [-0.39, 0.29) is 17.2 Å². The van der Waals surface area contributed by atoms with Crippen LogP contribution < -0.4 is 5.73 Å². The zero-order valence-electron chi connectivity index (χ0n) is 7.22. The molecular formula is C9H11ClFNO. The molecule has 0 radical (unpaired) electrons. The van der Waals surface area contributed by atoms with E-state index < -0.39 is 11.9 Å². The molecule has 72 valence electrons. The zero-order valence-corrected chi connectivity index (χ0v) is 7.98. The maximum absolute atomic E-state index is 13.4. The highest BCUT2D eigenvalue weighted by atomic mass is 35.5. The largest absolute Gasteiger partial charge is 0.394 e. The van der Waals surface area contributed by atoms with Crippen LogP contribution in [0.5, 0.6) is 0 Å². The molecule has 0 spiro atoms. The van der Waals surface area contributed by atoms with Gasteiger partial charge in [-0.25, -0.2) is 4.39 Å². The summed E-state index contributed by atoms with van der Waals surface area (Å²) < 4.78 is 13.4. The number of aliphatic hydroxyl groups excluding tert-OH is 1. The number of hydrogen-bond donors (Lipinski definition) is 2. The van der Waals surface area contributed by atoms with E-state index in [9.17, 15) is 4.39 Å². The van der Waals surface area contributed by atoms with Gasteiger partial charge in [0.25, 0.3) is 0 Å². The fourth-order valence-electron chi connectivity index (χ4n) is 1.11. The fourth-order valence-corrected chi connectivity index (χ4v) is 1.40. The van der Waals surface area contributed by atoms with Gasteiger partial charge >= 0.3 is 0 Å². The third kappa shape index (κ3) is 1.99. The maximum Gasteiger partial charge on any atom is 0.132 e. The summed E-state index contributed by atoms with van der Waals surface area (Å²) in [4.78, 5) is 0. The molecule has 13 heavy (non-hydrogen) atoms. The van der Waals surface area contributed by atoms with Crippen molar-refractivity contribution in [1.82, 2.24) is 0 Å². The Kier molecular flexibility index (Phi) is 3.25. The maximum atomic E-state index is 13.4. The van der Waals surface area contributed by atoms with Crippen LogP contribution in [0.3, 0.4) is 0 Å². The molecule has 0 heterocycles. The van der Waals surface area contributed by atoms with E-state index in [1.807, 2.05) is 0 Å². The summed E-state index contributed by atoms with van der Waals surface area (Å²) in [5.74, 6) is -0.436. The molecule has 3 N–H and O–H groups in total. The van der Waals surface area contributed by atoms with E-state index in [1.165, 1.54) is 0 Å². The van der Waals surface area contributed by atoms with Gasteiger partial charge < -0.3 is 10.8 Å². The van der Waals surface area contributed by atoms with Crippen LogP contribution >= 0.6 is 11.6 Å². The molecule has 1 atom stereocenters. The highest BCUT2D eigenvalue weighted by molar-refractivity contribution is 6.31. The Bertz CT molecular complexity index is 317. The Labute approximate surface area is 81.1 Å². The molecule has 2 nitrogen and oxygen atoms in total. The number of nitrogens with two attached hydrogens (primary N) is 1. The first-order valence-electron chi connectivity index (χ1n) is 3.89. The Morgan fingerprint density at radius 1 is 1.62 bits per heavy atom. The van der Waals surface area contributed by atoms with E-state index >= 15 is 0 Å². The zero-order chi connectivity index (χ0) is 10.0. The van der Waals surface area contributed by atoms with Crippen LogP contribution in [0.15, 0.2) is 12.1 Å². The van der Waals surface area contributed by atoms with Gasteiger partial charge in [-0.2, -0.15) is 0 Å². The van der Waals surface area contributed by atoms with Crippen LogP contribution in [-0.4, -0.2) is 11.7 Å². The van der Waals surface area contributed by atoms with Crippen LogP contribution in [0.25, 0.3) is 0 Å². The first-order chi connectivity index (χ1) is 6.07. The quantitative estimate of drug-likeness (QED) is 0.770. The minimum atomic E-state index is -0.757. The van der Waals surface area contributed by atoms with E-state index in [0.717, 1.165) is 0 Å². The number of aliphatic hydroxyl groups is 1. The van der Waals surface area contributed by atoms with Crippen molar-refractivity contribution in [2.75, 3.05) is 6.61 Å². The number of halogens is 2. The predicted octanol–water partition coefficient (Wildman–Crippen LogP) is 1.78. The van der Waals surface area contributed by atoms with Crippen LogP contribution in [-0.2, 0) is 0 Å². The normalized spacial score (nSPS) is 13.0. The van der Waals surface area contributed by atoms with Crippen molar-refractivity contribution in [3.05, 3.63) is 34.1 Å². The van der Waals surface area contributed by atoms with Gasteiger partial charge in [0.05, 0.1) is 12.6 Å². The smallest absolute Gasteiger partial charge is 0.132 e. The average molecular weight is 204 g/mol. The SMILES string of the molecule is Cc1ccc(Cl)c([C@@H](N)CO)c1F. The second-order valence-electron chi connectivity index (χ2n) is 2.88. The highest BCUT2D eigenvalue weighted by Gasteiger charge is 2.15. The van der Waals surface area contributed by atoms with E-state index in [4.69, 9.17) is 22.4 Å². The van der Waals surface area contributed by atoms with Crippen LogP contribution in [0, 0.1) is 12.7 Å². The van der Waals surface area contributed by atoms with Gasteiger partial charge in [0.15, 0.2) is 0 Å². The Morgan fingerprint density at radius 2 is 2.23 bits per heavy atom. The minimum Gasteiger partial charge on any atom is -0.394 e. The van der Waals surface area contributed by atoms with Crippen molar-refractivity contribution in [3.63, 3.8) is 0 Å². The van der Waals surface area contributed by atoms with E-state index in [2.05, 4.69) is 0 Å². The minimum absolute atomic E-state index is 0.184. The fraction of sp³-hybridized carbons (Fsp3) is 0.333. The van der Waals surface area contributed by atoms with Crippen LogP contribution in [0.1, 0.15) is 17.2 Å². The summed E-state index contributed by atoms with van der Waals surface area (Å²) in [5, 5.41) is 9.03. The summed E-state index contributed by atoms with van der Waals surface area (Å²) in [5.41, 5.74) is 6.15. The van der Waals surface area contributed by atoms with E-state index in [0.29, 0.717) is 5.56 Å². The first kappa shape index (κ1) is 10.4. The molecule has 0 saturated carbocycles. The molecule has 4 heteroatoms. The van der Waals surface area contributed by atoms with Crippen molar-refractivity contribution in [3.8, 4) is 0 Å². The molecule has 0 aliphatic heterocycles. The molecule has 0 aliphatic carbocycles. The molecule has 0 aliphatic rings. The molecule has 0 aromatic heterocycles. The van der Waals surface area contributed by atoms with Gasteiger partial charge in [-0.1, -0.05) is 17.7 Å². The third-order valence-corrected chi connectivity index (χ3v) is 2.22. The lowest BCUT2D eigenvalue weighted by Crippen LogP contribution is -2.17. The van der Waals surface area contributed by atoms with Crippen LogP contribution in [0.4, 0.5) is 4.39 Å². The summed E-state index contributed by atoms with van der Waals surface area (Å²) in [6, 6.07) is 2.39. The summed E-state index contributed by atoms with van der Waals surface area (Å²) in [6.45, 7) is 1.30. The number of aryl methyl sites for hydroxylation is 1. The monoisotopic (exact) mass is 203 g/mol. The molecule has 0 bridgehead atoms. The number of rotatable bonds is 2. The second kappa shape index (κ2) is 4.05. The molecule has 1 aromatic rings. The number of benzene rings is 1. The molecule has 0 fully saturated rings.